The highest BCUT2D eigenvalue weighted by Gasteiger charge is 2.42. The van der Waals surface area contributed by atoms with Crippen molar-refractivity contribution in [3.05, 3.63) is 35.9 Å². The lowest BCUT2D eigenvalue weighted by molar-refractivity contribution is -0.203. The molecular formula is C27H40N4O7. The summed E-state index contributed by atoms with van der Waals surface area (Å²) in [5.41, 5.74) is 6.11. The second-order valence-electron chi connectivity index (χ2n) is 10.2. The maximum Gasteiger partial charge on any atom is 0.344 e. The number of carbonyl (C=O) groups is 4. The number of urea groups is 1. The van der Waals surface area contributed by atoms with Gasteiger partial charge in [0.1, 0.15) is 6.04 Å². The quantitative estimate of drug-likeness (QED) is 0.247. The fourth-order valence-electron chi connectivity index (χ4n) is 4.76. The molecule has 2 fully saturated rings. The molecule has 0 saturated carbocycles. The number of aryl methyl sites for hydroxylation is 1. The summed E-state index contributed by atoms with van der Waals surface area (Å²) in [6, 6.07) is 8.28. The van der Waals surface area contributed by atoms with Gasteiger partial charge in [-0.15, -0.1) is 0 Å². The Labute approximate surface area is 223 Å². The third kappa shape index (κ3) is 8.50. The zero-order chi connectivity index (χ0) is 27.5. The first-order valence-corrected chi connectivity index (χ1v) is 13.3. The van der Waals surface area contributed by atoms with E-state index in [1.165, 1.54) is 7.11 Å². The van der Waals surface area contributed by atoms with Gasteiger partial charge in [0.15, 0.2) is 6.29 Å². The fraction of sp³-hybridized carbons (Fsp3) is 0.630. The van der Waals surface area contributed by atoms with E-state index in [4.69, 9.17) is 14.3 Å². The molecule has 2 aliphatic heterocycles. The van der Waals surface area contributed by atoms with Crippen LogP contribution in [0.15, 0.2) is 30.3 Å². The topological polar surface area (TPSA) is 135 Å². The van der Waals surface area contributed by atoms with Crippen LogP contribution in [-0.4, -0.2) is 61.4 Å². The van der Waals surface area contributed by atoms with E-state index in [0.29, 0.717) is 37.3 Å². The number of imide groups is 1. The van der Waals surface area contributed by atoms with Crippen molar-refractivity contribution in [2.24, 2.45) is 17.8 Å². The maximum atomic E-state index is 13.5. The van der Waals surface area contributed by atoms with Crippen molar-refractivity contribution < 1.29 is 33.5 Å². The number of nitrogens with one attached hydrogen (secondary N) is 3. The van der Waals surface area contributed by atoms with Crippen molar-refractivity contribution in [2.75, 3.05) is 20.3 Å². The molecule has 2 saturated heterocycles. The summed E-state index contributed by atoms with van der Waals surface area (Å²) in [4.78, 5) is 57.5. The molecule has 2 heterocycles. The smallest absolute Gasteiger partial charge is 0.344 e. The van der Waals surface area contributed by atoms with Crippen LogP contribution in [0.2, 0.25) is 0 Å². The summed E-state index contributed by atoms with van der Waals surface area (Å²) in [6.07, 6.45) is 4.20. The number of nitrogens with zero attached hydrogens (tertiary/aromatic N) is 1. The predicted octanol–water partition coefficient (Wildman–Crippen LogP) is 2.46. The Balaban J connectivity index is 1.74. The number of benzene rings is 1. The molecule has 2 aliphatic rings. The van der Waals surface area contributed by atoms with Gasteiger partial charge in [-0.05, 0) is 50.0 Å². The van der Waals surface area contributed by atoms with Gasteiger partial charge in [-0.3, -0.25) is 19.8 Å². The summed E-state index contributed by atoms with van der Waals surface area (Å²) in [6.45, 7) is 4.45. The van der Waals surface area contributed by atoms with Crippen LogP contribution in [0.25, 0.3) is 0 Å². The Kier molecular flexibility index (Phi) is 11.5. The molecule has 1 aromatic rings. The normalized spacial score (nSPS) is 21.2. The first-order valence-electron chi connectivity index (χ1n) is 13.3. The lowest BCUT2D eigenvalue weighted by Crippen LogP contribution is -2.52. The van der Waals surface area contributed by atoms with Crippen molar-refractivity contribution in [1.82, 2.24) is 21.2 Å². The zero-order valence-corrected chi connectivity index (χ0v) is 22.4. The summed E-state index contributed by atoms with van der Waals surface area (Å²) in [5.74, 6) is -3.10. The van der Waals surface area contributed by atoms with E-state index in [2.05, 4.69) is 16.2 Å². The number of carbonyl (C=O) groups excluding carboxylic acids is 4. The van der Waals surface area contributed by atoms with Crippen LogP contribution in [-0.2, 0) is 35.1 Å². The standard InChI is InChI=1S/C27H40N4O7/c1-18(2)16-21(24(32)29-31-26(34)22(17-36-3)28-27(31)35)20(13-9-12-19-10-5-4-6-11-19)25(33)30-38-23-14-7-8-15-37-23/h4-6,10-11,18,20-23H,7-9,12-17H2,1-3H3,(H,28,35)(H,29,32)(H,30,33)/t20-,21+,22-,23?/m0/s1. The van der Waals surface area contributed by atoms with E-state index in [-0.39, 0.29) is 12.5 Å². The molecule has 210 valence electrons. The molecule has 5 amide bonds. The molecule has 38 heavy (non-hydrogen) atoms. The Morgan fingerprint density at radius 2 is 1.89 bits per heavy atom. The van der Waals surface area contributed by atoms with Crippen LogP contribution >= 0.6 is 0 Å². The zero-order valence-electron chi connectivity index (χ0n) is 22.4. The van der Waals surface area contributed by atoms with E-state index in [0.717, 1.165) is 24.8 Å². The third-order valence-electron chi connectivity index (χ3n) is 6.71. The molecule has 11 heteroatoms. The molecular weight excluding hydrogens is 492 g/mol. The van der Waals surface area contributed by atoms with E-state index in [9.17, 15) is 19.2 Å². The molecule has 0 bridgehead atoms. The average molecular weight is 533 g/mol. The lowest BCUT2D eigenvalue weighted by Gasteiger charge is -2.29. The summed E-state index contributed by atoms with van der Waals surface area (Å²) in [7, 11) is 1.42. The van der Waals surface area contributed by atoms with E-state index < -0.39 is 47.9 Å². The van der Waals surface area contributed by atoms with Gasteiger partial charge in [0.05, 0.1) is 18.4 Å². The van der Waals surface area contributed by atoms with Crippen molar-refractivity contribution in [3.8, 4) is 0 Å². The van der Waals surface area contributed by atoms with Crippen LogP contribution in [0.1, 0.15) is 57.9 Å². The number of hydrogen-bond donors (Lipinski definition) is 3. The van der Waals surface area contributed by atoms with Crippen molar-refractivity contribution >= 4 is 23.8 Å². The Hall–Kier alpha value is -3.02. The lowest BCUT2D eigenvalue weighted by atomic mass is 9.81. The minimum Gasteiger partial charge on any atom is -0.382 e. The minimum absolute atomic E-state index is 0.0164. The third-order valence-corrected chi connectivity index (χ3v) is 6.71. The van der Waals surface area contributed by atoms with Crippen molar-refractivity contribution in [2.45, 2.75) is 71.1 Å². The van der Waals surface area contributed by atoms with Gasteiger partial charge in [0, 0.05) is 20.1 Å². The molecule has 0 aromatic heterocycles. The van der Waals surface area contributed by atoms with Crippen LogP contribution in [0.3, 0.4) is 0 Å². The summed E-state index contributed by atoms with van der Waals surface area (Å²) >= 11 is 0. The summed E-state index contributed by atoms with van der Waals surface area (Å²) in [5, 5.41) is 3.16. The average Bonchev–Trinajstić information content (AvgIpc) is 3.17. The Bertz CT molecular complexity index is 937. The number of hydrogen-bond acceptors (Lipinski definition) is 7. The fourth-order valence-corrected chi connectivity index (χ4v) is 4.76. The predicted molar refractivity (Wildman–Crippen MR) is 138 cm³/mol. The Morgan fingerprint density at radius 3 is 2.55 bits per heavy atom. The number of methoxy groups -OCH3 is 1. The number of hydroxylamine groups is 1. The molecule has 11 nitrogen and oxygen atoms in total. The number of rotatable bonds is 14. The SMILES string of the molecule is COC[C@@H]1NC(=O)N(NC(=O)[C@H](CC(C)C)[C@H](CCCc2ccccc2)C(=O)NOC2CCCCO2)C1=O. The van der Waals surface area contributed by atoms with Crippen LogP contribution in [0, 0.1) is 17.8 Å². The largest absolute Gasteiger partial charge is 0.382 e. The van der Waals surface area contributed by atoms with Gasteiger partial charge < -0.3 is 14.8 Å². The van der Waals surface area contributed by atoms with Gasteiger partial charge in [0.2, 0.25) is 11.8 Å². The second kappa shape index (κ2) is 14.8. The first kappa shape index (κ1) is 29.5. The van der Waals surface area contributed by atoms with Crippen molar-refractivity contribution in [1.29, 1.82) is 0 Å². The number of hydrazine groups is 1. The van der Waals surface area contributed by atoms with Crippen LogP contribution in [0.5, 0.6) is 0 Å². The van der Waals surface area contributed by atoms with E-state index in [1.54, 1.807) is 0 Å². The highest BCUT2D eigenvalue weighted by Crippen LogP contribution is 2.27. The second-order valence-corrected chi connectivity index (χ2v) is 10.2. The monoisotopic (exact) mass is 532 g/mol. The highest BCUT2D eigenvalue weighted by atomic mass is 16.8. The van der Waals surface area contributed by atoms with Gasteiger partial charge >= 0.3 is 6.03 Å². The molecule has 1 unspecified atom stereocenters. The van der Waals surface area contributed by atoms with Gasteiger partial charge in [-0.2, -0.15) is 5.01 Å². The molecule has 0 aliphatic carbocycles. The van der Waals surface area contributed by atoms with Gasteiger partial charge in [-0.1, -0.05) is 44.2 Å². The van der Waals surface area contributed by atoms with Gasteiger partial charge in [0.25, 0.3) is 5.91 Å². The molecule has 3 N–H and O–H groups in total. The van der Waals surface area contributed by atoms with Gasteiger partial charge in [-0.25, -0.2) is 15.1 Å². The van der Waals surface area contributed by atoms with Crippen LogP contribution in [0.4, 0.5) is 4.79 Å². The Morgan fingerprint density at radius 1 is 1.13 bits per heavy atom. The summed E-state index contributed by atoms with van der Waals surface area (Å²) < 4.78 is 10.5. The molecule has 0 spiro atoms. The molecule has 0 radical (unpaired) electrons. The highest BCUT2D eigenvalue weighted by molar-refractivity contribution is 6.05. The van der Waals surface area contributed by atoms with E-state index >= 15 is 0 Å². The van der Waals surface area contributed by atoms with Crippen molar-refractivity contribution in [3.63, 3.8) is 0 Å². The number of ether oxygens (including phenoxy) is 2. The minimum atomic E-state index is -0.884. The molecule has 1 aromatic carbocycles. The molecule has 3 rings (SSSR count). The first-order chi connectivity index (χ1) is 18.3. The number of amides is 5. The van der Waals surface area contributed by atoms with E-state index in [1.807, 2.05) is 44.2 Å². The maximum absolute atomic E-state index is 13.5. The van der Waals surface area contributed by atoms with Crippen LogP contribution < -0.4 is 16.2 Å². The molecule has 4 atom stereocenters.